The maximum atomic E-state index is 5.09. The number of alkyl halides is 1. The van der Waals surface area contributed by atoms with E-state index in [1.165, 1.54) is 26.2 Å². The summed E-state index contributed by atoms with van der Waals surface area (Å²) >= 11 is 3.01. The zero-order valence-electron chi connectivity index (χ0n) is 10.9. The Balaban J connectivity index is 0.000000246. The van der Waals surface area contributed by atoms with Gasteiger partial charge in [0.1, 0.15) is 0 Å². The van der Waals surface area contributed by atoms with Crippen LogP contribution >= 0.6 is 15.9 Å². The van der Waals surface area contributed by atoms with Crippen molar-refractivity contribution in [2.24, 2.45) is 11.8 Å². The first-order valence-corrected chi connectivity index (χ1v) is 7.12. The van der Waals surface area contributed by atoms with Crippen LogP contribution < -0.4 is 5.32 Å². The molecule has 3 heteroatoms. The minimum atomic E-state index is 0.660. The Kier molecular flexibility index (Phi) is 10.4. The van der Waals surface area contributed by atoms with Gasteiger partial charge in [-0.15, -0.1) is 12.8 Å². The van der Waals surface area contributed by atoms with Crippen LogP contribution in [0.3, 0.4) is 0 Å². The predicted octanol–water partition coefficient (Wildman–Crippen LogP) is 1.81. The van der Waals surface area contributed by atoms with E-state index in [9.17, 15) is 0 Å². The van der Waals surface area contributed by atoms with E-state index in [1.54, 1.807) is 0 Å². The van der Waals surface area contributed by atoms with Crippen LogP contribution in [0.2, 0.25) is 0 Å². The molecule has 1 N–H and O–H groups in total. The Morgan fingerprint density at radius 2 is 1.65 bits per heavy atom. The second kappa shape index (κ2) is 10.7. The third-order valence-electron chi connectivity index (χ3n) is 2.52. The number of nitrogens with zero attached hydrogens (tertiary/aromatic N) is 1. The Hall–Kier alpha value is -0.480. The summed E-state index contributed by atoms with van der Waals surface area (Å²) < 4.78 is 0. The van der Waals surface area contributed by atoms with Crippen molar-refractivity contribution in [1.29, 1.82) is 0 Å². The summed E-state index contributed by atoms with van der Waals surface area (Å²) in [6.07, 6.45) is 9.82. The quantitative estimate of drug-likeness (QED) is 0.587. The van der Waals surface area contributed by atoms with Crippen LogP contribution in [0.4, 0.5) is 0 Å². The van der Waals surface area contributed by atoms with E-state index < -0.39 is 0 Å². The molecule has 96 valence electrons. The van der Waals surface area contributed by atoms with Crippen molar-refractivity contribution in [2.45, 2.75) is 13.8 Å². The molecule has 0 aromatic carbocycles. The largest absolute Gasteiger partial charge is 0.316 e. The second-order valence-corrected chi connectivity index (χ2v) is 5.17. The van der Waals surface area contributed by atoms with Crippen molar-refractivity contribution >= 4 is 15.9 Å². The highest BCUT2D eigenvalue weighted by molar-refractivity contribution is 9.09. The fraction of sp³-hybridized carbons (Fsp3) is 0.714. The Bertz CT molecular complexity index is 254. The normalized spacial score (nSPS) is 19.1. The first-order chi connectivity index (χ1) is 8.13. The zero-order chi connectivity index (χ0) is 13.1. The summed E-state index contributed by atoms with van der Waals surface area (Å²) in [5, 5.41) is 3.82. The number of rotatable bonds is 1. The number of halogens is 1. The average Bonchev–Trinajstić information content (AvgIpc) is 2.26. The summed E-state index contributed by atoms with van der Waals surface area (Å²) in [7, 11) is 0. The Morgan fingerprint density at radius 3 is 1.82 bits per heavy atom. The van der Waals surface area contributed by atoms with Gasteiger partial charge < -0.3 is 5.32 Å². The number of hydrogen-bond acceptors (Lipinski definition) is 2. The van der Waals surface area contributed by atoms with E-state index in [0.717, 1.165) is 18.4 Å². The van der Waals surface area contributed by atoms with E-state index in [4.69, 9.17) is 12.8 Å². The second-order valence-electron chi connectivity index (χ2n) is 4.60. The topological polar surface area (TPSA) is 15.3 Å². The molecule has 0 amide bonds. The molecule has 0 aliphatic carbocycles. The van der Waals surface area contributed by atoms with Gasteiger partial charge in [-0.1, -0.05) is 41.6 Å². The molecule has 0 aromatic heterocycles. The van der Waals surface area contributed by atoms with Crippen molar-refractivity contribution < 1.29 is 0 Å². The van der Waals surface area contributed by atoms with E-state index >= 15 is 0 Å². The van der Waals surface area contributed by atoms with Gasteiger partial charge in [0.2, 0.25) is 0 Å². The minimum absolute atomic E-state index is 0.660. The highest BCUT2D eigenvalue weighted by atomic mass is 79.9. The molecule has 2 heterocycles. The molecule has 0 aromatic rings. The molecule has 2 fully saturated rings. The Labute approximate surface area is 115 Å². The average molecular weight is 299 g/mol. The lowest BCUT2D eigenvalue weighted by Crippen LogP contribution is -2.44. The Morgan fingerprint density at radius 1 is 1.18 bits per heavy atom. The minimum Gasteiger partial charge on any atom is -0.316 e. The van der Waals surface area contributed by atoms with Gasteiger partial charge >= 0.3 is 0 Å². The molecule has 2 aliphatic rings. The van der Waals surface area contributed by atoms with Crippen molar-refractivity contribution in [2.75, 3.05) is 38.1 Å². The molecule has 2 nitrogen and oxygen atoms in total. The lowest BCUT2D eigenvalue weighted by Gasteiger charge is -2.35. The molecule has 0 atom stereocenters. The number of hydrogen-bond donors (Lipinski definition) is 1. The van der Waals surface area contributed by atoms with Gasteiger partial charge in [0.15, 0.2) is 0 Å². The summed E-state index contributed by atoms with van der Waals surface area (Å²) in [6, 6.07) is 0. The molecule has 0 spiro atoms. The van der Waals surface area contributed by atoms with Crippen LogP contribution in [0.1, 0.15) is 13.8 Å². The van der Waals surface area contributed by atoms with Gasteiger partial charge in [-0.05, 0) is 24.9 Å². The molecule has 0 unspecified atom stereocenters. The third kappa shape index (κ3) is 9.24. The fourth-order valence-electron chi connectivity index (χ4n) is 1.52. The molecular weight excluding hydrogens is 276 g/mol. The van der Waals surface area contributed by atoms with Crippen LogP contribution in [0.25, 0.3) is 0 Å². The first-order valence-electron chi connectivity index (χ1n) is 6.00. The van der Waals surface area contributed by atoms with Crippen LogP contribution in [0.5, 0.6) is 0 Å². The molecular formula is C14H23BrN2. The summed E-state index contributed by atoms with van der Waals surface area (Å²) in [6.45, 7) is 10.2. The molecule has 17 heavy (non-hydrogen) atoms. The highest BCUT2D eigenvalue weighted by Gasteiger charge is 2.20. The molecule has 0 bridgehead atoms. The van der Waals surface area contributed by atoms with Crippen molar-refractivity contribution in [3.05, 3.63) is 0 Å². The van der Waals surface area contributed by atoms with E-state index in [1.807, 2.05) is 0 Å². The van der Waals surface area contributed by atoms with Crippen LogP contribution in [-0.2, 0) is 0 Å². The summed E-state index contributed by atoms with van der Waals surface area (Å²) in [5.41, 5.74) is 0. The SMILES string of the molecule is C#CCBr.C#CCN1CC(C)C1.CC1CNC1. The zero-order valence-corrected chi connectivity index (χ0v) is 12.5. The third-order valence-corrected chi connectivity index (χ3v) is 2.84. The number of nitrogens with one attached hydrogen (secondary N) is 1. The summed E-state index contributed by atoms with van der Waals surface area (Å²) in [4.78, 5) is 2.27. The van der Waals surface area contributed by atoms with Gasteiger partial charge in [-0.25, -0.2) is 0 Å². The van der Waals surface area contributed by atoms with E-state index in [-0.39, 0.29) is 0 Å². The molecule has 2 aliphatic heterocycles. The monoisotopic (exact) mass is 298 g/mol. The fourth-order valence-corrected chi connectivity index (χ4v) is 1.52. The summed E-state index contributed by atoms with van der Waals surface area (Å²) in [5.74, 6) is 6.80. The van der Waals surface area contributed by atoms with Gasteiger partial charge in [-0.2, -0.15) is 0 Å². The van der Waals surface area contributed by atoms with Gasteiger partial charge in [0.05, 0.1) is 11.9 Å². The van der Waals surface area contributed by atoms with Crippen LogP contribution in [0.15, 0.2) is 0 Å². The van der Waals surface area contributed by atoms with Crippen molar-refractivity contribution in [3.63, 3.8) is 0 Å². The van der Waals surface area contributed by atoms with Gasteiger partial charge in [-0.3, -0.25) is 4.90 Å². The van der Waals surface area contributed by atoms with Gasteiger partial charge in [0, 0.05) is 13.1 Å². The van der Waals surface area contributed by atoms with Crippen LogP contribution in [-0.4, -0.2) is 43.0 Å². The lowest BCUT2D eigenvalue weighted by molar-refractivity contribution is 0.132. The molecule has 2 saturated heterocycles. The number of likely N-dealkylation sites (tertiary alicyclic amines) is 1. The lowest BCUT2D eigenvalue weighted by atomic mass is 10.0. The smallest absolute Gasteiger partial charge is 0.0642 e. The highest BCUT2D eigenvalue weighted by Crippen LogP contribution is 2.11. The van der Waals surface area contributed by atoms with E-state index in [2.05, 4.69) is 51.8 Å². The molecule has 0 radical (unpaired) electrons. The number of terminal acetylenes is 2. The van der Waals surface area contributed by atoms with E-state index in [0.29, 0.717) is 5.33 Å². The van der Waals surface area contributed by atoms with Crippen molar-refractivity contribution in [1.82, 2.24) is 10.2 Å². The maximum absolute atomic E-state index is 5.09. The maximum Gasteiger partial charge on any atom is 0.0642 e. The van der Waals surface area contributed by atoms with Crippen LogP contribution in [0, 0.1) is 36.5 Å². The molecule has 2 rings (SSSR count). The predicted molar refractivity (Wildman–Crippen MR) is 79.1 cm³/mol. The molecule has 0 saturated carbocycles. The van der Waals surface area contributed by atoms with Gasteiger partial charge in [0.25, 0.3) is 0 Å². The first kappa shape index (κ1) is 16.5. The standard InChI is InChI=1S/C7H11N.C4H9N.C3H3Br/c1-3-4-8-5-7(2)6-8;1-4-2-5-3-4;1-2-3-4/h1,7H,4-6H2,2H3;4-5H,2-3H2,1H3;1H,3H2. The van der Waals surface area contributed by atoms with Crippen molar-refractivity contribution in [3.8, 4) is 24.7 Å².